The Morgan fingerprint density at radius 2 is 1.87 bits per heavy atom. The molecular formula is C12H25ClN2. The average Bonchev–Trinajstić information content (AvgIpc) is 2.72. The Labute approximate surface area is 100 Å². The predicted molar refractivity (Wildman–Crippen MR) is 67.7 cm³/mol. The highest BCUT2D eigenvalue weighted by Crippen LogP contribution is 2.22. The fourth-order valence-corrected chi connectivity index (χ4v) is 2.95. The highest BCUT2D eigenvalue weighted by Gasteiger charge is 2.22. The maximum Gasteiger partial charge on any atom is 0.00923 e. The van der Waals surface area contributed by atoms with E-state index in [1.54, 1.807) is 0 Å². The molecule has 1 unspecified atom stereocenters. The van der Waals surface area contributed by atoms with Crippen molar-refractivity contribution in [3.05, 3.63) is 0 Å². The maximum atomic E-state index is 3.45. The van der Waals surface area contributed by atoms with Crippen molar-refractivity contribution in [3.63, 3.8) is 0 Å². The zero-order valence-corrected chi connectivity index (χ0v) is 10.7. The quantitative estimate of drug-likeness (QED) is 0.804. The molecule has 2 fully saturated rings. The van der Waals surface area contributed by atoms with E-state index in [2.05, 4.69) is 17.3 Å². The fraction of sp³-hybridized carbons (Fsp3) is 1.00. The molecule has 0 aromatic heterocycles. The van der Waals surface area contributed by atoms with Gasteiger partial charge in [0.1, 0.15) is 0 Å². The molecule has 2 rings (SSSR count). The Bertz CT molecular complexity index is 163. The summed E-state index contributed by atoms with van der Waals surface area (Å²) in [7, 11) is 2.33. The first-order valence-electron chi connectivity index (χ1n) is 6.27. The molecule has 0 aromatic rings. The zero-order valence-electron chi connectivity index (χ0n) is 9.87. The minimum atomic E-state index is 0. The summed E-state index contributed by atoms with van der Waals surface area (Å²) in [6.45, 7) is 3.80. The van der Waals surface area contributed by atoms with E-state index in [1.165, 1.54) is 58.2 Å². The van der Waals surface area contributed by atoms with Crippen LogP contribution in [0.4, 0.5) is 0 Å². The predicted octanol–water partition coefficient (Wildman–Crippen LogP) is 2.28. The van der Waals surface area contributed by atoms with Crippen LogP contribution in [0.15, 0.2) is 0 Å². The van der Waals surface area contributed by atoms with Crippen LogP contribution in [0, 0.1) is 5.92 Å². The molecule has 15 heavy (non-hydrogen) atoms. The van der Waals surface area contributed by atoms with Crippen LogP contribution in [0.1, 0.15) is 38.5 Å². The van der Waals surface area contributed by atoms with Gasteiger partial charge in [-0.05, 0) is 45.3 Å². The molecular weight excluding hydrogens is 208 g/mol. The van der Waals surface area contributed by atoms with Crippen LogP contribution >= 0.6 is 12.4 Å². The molecule has 0 aromatic carbocycles. The van der Waals surface area contributed by atoms with Gasteiger partial charge in [-0.2, -0.15) is 0 Å². The summed E-state index contributed by atoms with van der Waals surface area (Å²) in [4.78, 5) is 2.62. The van der Waals surface area contributed by atoms with Gasteiger partial charge in [0.25, 0.3) is 0 Å². The first-order chi connectivity index (χ1) is 6.86. The van der Waals surface area contributed by atoms with Gasteiger partial charge in [-0.15, -0.1) is 12.4 Å². The van der Waals surface area contributed by atoms with Crippen molar-refractivity contribution < 1.29 is 0 Å². The summed E-state index contributed by atoms with van der Waals surface area (Å²) in [6.07, 6.45) is 8.65. The molecule has 1 N–H and O–H groups in total. The summed E-state index contributed by atoms with van der Waals surface area (Å²) in [5, 5.41) is 3.45. The molecule has 0 amide bonds. The summed E-state index contributed by atoms with van der Waals surface area (Å²) in [5.41, 5.74) is 0. The van der Waals surface area contributed by atoms with Gasteiger partial charge >= 0.3 is 0 Å². The second kappa shape index (κ2) is 6.72. The van der Waals surface area contributed by atoms with Crippen LogP contribution in [0.3, 0.4) is 0 Å². The summed E-state index contributed by atoms with van der Waals surface area (Å²) < 4.78 is 0. The monoisotopic (exact) mass is 232 g/mol. The van der Waals surface area contributed by atoms with Crippen molar-refractivity contribution in [3.8, 4) is 0 Å². The lowest BCUT2D eigenvalue weighted by atomic mass is 9.94. The molecule has 1 aliphatic carbocycles. The molecule has 1 heterocycles. The van der Waals surface area contributed by atoms with E-state index in [9.17, 15) is 0 Å². The lowest BCUT2D eigenvalue weighted by molar-refractivity contribution is 0.170. The third-order valence-corrected chi connectivity index (χ3v) is 3.91. The topological polar surface area (TPSA) is 15.3 Å². The number of hydrogen-bond donors (Lipinski definition) is 1. The standard InChI is InChI=1S/C12H24N2.ClH/c1-14(10-11-7-8-13-9-11)12-5-3-2-4-6-12;/h11-13H,2-10H2,1H3;1H. The maximum absolute atomic E-state index is 3.45. The van der Waals surface area contributed by atoms with Crippen molar-refractivity contribution in [2.45, 2.75) is 44.6 Å². The van der Waals surface area contributed by atoms with E-state index in [-0.39, 0.29) is 12.4 Å². The first kappa shape index (κ1) is 13.3. The number of nitrogens with one attached hydrogen (secondary N) is 1. The molecule has 1 aliphatic heterocycles. The number of rotatable bonds is 3. The summed E-state index contributed by atoms with van der Waals surface area (Å²) in [5.74, 6) is 0.918. The molecule has 1 atom stereocenters. The van der Waals surface area contributed by atoms with E-state index in [4.69, 9.17) is 0 Å². The largest absolute Gasteiger partial charge is 0.316 e. The molecule has 3 heteroatoms. The van der Waals surface area contributed by atoms with Crippen LogP contribution in [0.25, 0.3) is 0 Å². The van der Waals surface area contributed by atoms with E-state index < -0.39 is 0 Å². The van der Waals surface area contributed by atoms with E-state index in [0.29, 0.717) is 0 Å². The van der Waals surface area contributed by atoms with E-state index in [1.807, 2.05) is 0 Å². The van der Waals surface area contributed by atoms with Crippen molar-refractivity contribution >= 4 is 12.4 Å². The summed E-state index contributed by atoms with van der Waals surface area (Å²) in [6, 6.07) is 0.893. The normalized spacial score (nSPS) is 28.0. The molecule has 1 saturated carbocycles. The smallest absolute Gasteiger partial charge is 0.00923 e. The zero-order chi connectivity index (χ0) is 9.80. The van der Waals surface area contributed by atoms with Crippen molar-refractivity contribution in [1.82, 2.24) is 10.2 Å². The van der Waals surface area contributed by atoms with Crippen molar-refractivity contribution in [2.75, 3.05) is 26.7 Å². The highest BCUT2D eigenvalue weighted by atomic mass is 35.5. The molecule has 0 radical (unpaired) electrons. The Hall–Kier alpha value is 0.210. The Balaban J connectivity index is 0.00000112. The fourth-order valence-electron chi connectivity index (χ4n) is 2.95. The second-order valence-electron chi connectivity index (χ2n) is 5.09. The molecule has 2 aliphatic rings. The Kier molecular flexibility index (Phi) is 5.95. The summed E-state index contributed by atoms with van der Waals surface area (Å²) >= 11 is 0. The molecule has 0 spiro atoms. The van der Waals surface area contributed by atoms with Crippen LogP contribution in [0.2, 0.25) is 0 Å². The van der Waals surface area contributed by atoms with Gasteiger partial charge in [-0.1, -0.05) is 19.3 Å². The minimum absolute atomic E-state index is 0. The SMILES string of the molecule is CN(CC1CCNC1)C1CCCCC1.Cl. The van der Waals surface area contributed by atoms with Gasteiger partial charge in [-0.3, -0.25) is 0 Å². The van der Waals surface area contributed by atoms with Crippen LogP contribution in [-0.2, 0) is 0 Å². The highest BCUT2D eigenvalue weighted by molar-refractivity contribution is 5.85. The first-order valence-corrected chi connectivity index (χ1v) is 6.27. The molecule has 2 nitrogen and oxygen atoms in total. The van der Waals surface area contributed by atoms with E-state index in [0.717, 1.165) is 12.0 Å². The number of nitrogens with zero attached hydrogens (tertiary/aromatic N) is 1. The van der Waals surface area contributed by atoms with Crippen LogP contribution < -0.4 is 5.32 Å². The van der Waals surface area contributed by atoms with Gasteiger partial charge in [0.05, 0.1) is 0 Å². The molecule has 90 valence electrons. The third-order valence-electron chi connectivity index (χ3n) is 3.91. The average molecular weight is 233 g/mol. The lowest BCUT2D eigenvalue weighted by Gasteiger charge is -2.32. The van der Waals surface area contributed by atoms with Crippen molar-refractivity contribution in [1.29, 1.82) is 0 Å². The molecule has 1 saturated heterocycles. The second-order valence-corrected chi connectivity index (χ2v) is 5.09. The minimum Gasteiger partial charge on any atom is -0.316 e. The van der Waals surface area contributed by atoms with Crippen molar-refractivity contribution in [2.24, 2.45) is 5.92 Å². The van der Waals surface area contributed by atoms with Crippen LogP contribution in [-0.4, -0.2) is 37.6 Å². The lowest BCUT2D eigenvalue weighted by Crippen LogP contribution is -2.37. The molecule has 0 bridgehead atoms. The van der Waals surface area contributed by atoms with Gasteiger partial charge in [-0.25, -0.2) is 0 Å². The Morgan fingerprint density at radius 1 is 1.13 bits per heavy atom. The number of hydrogen-bond acceptors (Lipinski definition) is 2. The number of halogens is 1. The van der Waals surface area contributed by atoms with Gasteiger partial charge in [0.2, 0.25) is 0 Å². The van der Waals surface area contributed by atoms with Gasteiger partial charge < -0.3 is 10.2 Å². The van der Waals surface area contributed by atoms with E-state index >= 15 is 0 Å². The van der Waals surface area contributed by atoms with Crippen LogP contribution in [0.5, 0.6) is 0 Å². The van der Waals surface area contributed by atoms with Gasteiger partial charge in [0, 0.05) is 12.6 Å². The third kappa shape index (κ3) is 3.93. The van der Waals surface area contributed by atoms with Gasteiger partial charge in [0.15, 0.2) is 0 Å². The Morgan fingerprint density at radius 3 is 2.47 bits per heavy atom.